The van der Waals surface area contributed by atoms with E-state index in [2.05, 4.69) is 76.3 Å². The van der Waals surface area contributed by atoms with Crippen LogP contribution >= 0.6 is 23.4 Å². The first-order valence-electron chi connectivity index (χ1n) is 21.2. The average Bonchev–Trinajstić information content (AvgIpc) is 3.31. The fourth-order valence-electron chi connectivity index (χ4n) is 8.16. The highest BCUT2D eigenvalue weighted by Gasteiger charge is 2.26. The van der Waals surface area contributed by atoms with Crippen molar-refractivity contribution in [2.24, 2.45) is 5.16 Å². The number of nitro benzene ring substituents is 1. The van der Waals surface area contributed by atoms with Gasteiger partial charge in [0.1, 0.15) is 19.1 Å². The molecule has 17 heteroatoms. The van der Waals surface area contributed by atoms with Gasteiger partial charge in [0, 0.05) is 104 Å². The van der Waals surface area contributed by atoms with E-state index in [1.54, 1.807) is 18.9 Å². The molecule has 332 valence electrons. The van der Waals surface area contributed by atoms with E-state index >= 15 is 0 Å². The molecule has 0 radical (unpaired) electrons. The van der Waals surface area contributed by atoms with E-state index in [0.717, 1.165) is 99.5 Å². The minimum Gasteiger partial charge on any atom is -0.399 e. The second kappa shape index (κ2) is 20.8. The lowest BCUT2D eigenvalue weighted by atomic mass is 9.99. The summed E-state index contributed by atoms with van der Waals surface area (Å²) in [5.74, 6) is 0.730. The molecule has 3 heterocycles. The summed E-state index contributed by atoms with van der Waals surface area (Å²) in [5, 5.41) is 21.2. The van der Waals surface area contributed by atoms with Gasteiger partial charge in [-0.3, -0.25) is 19.7 Å². The molecule has 14 nitrogen and oxygen atoms in total. The number of thioether (sulfide) groups is 1. The van der Waals surface area contributed by atoms with Gasteiger partial charge in [-0.2, -0.15) is 0 Å². The molecule has 0 aliphatic carbocycles. The molecule has 2 aliphatic rings. The first-order chi connectivity index (χ1) is 31.1. The number of piperazine rings is 1. The van der Waals surface area contributed by atoms with Gasteiger partial charge in [0.15, 0.2) is 5.82 Å². The quantitative estimate of drug-likeness (QED) is 0.0509. The maximum absolute atomic E-state index is 13.9. The first-order valence-corrected chi connectivity index (χ1v) is 24.1. The summed E-state index contributed by atoms with van der Waals surface area (Å²) in [4.78, 5) is 33.6. The standard InChI is InChI=1S/C47H50ClN9O5S2/c1-62-52-37-19-22-54(23-20-37)24-21-38(32-63-40-8-3-2-4-9-40)51-44-18-16-41(30-46(44)57(58)59)64(60,61)53-47-43-17-15-39(29-45(43)49-33-50-47)56-27-25-55(26-28-56)31-35-7-5-6-10-42(35)34-11-13-36(48)14-12-34/h2-18,29-30,33,38,51H,19-28,31-32H2,1H3,(H,49,50,53)/t38-/m1/s1. The van der Waals surface area contributed by atoms with E-state index in [-0.39, 0.29) is 28.1 Å². The number of hydrogen-bond donors (Lipinski definition) is 2. The van der Waals surface area contributed by atoms with Gasteiger partial charge < -0.3 is 20.0 Å². The Balaban J connectivity index is 0.928. The number of likely N-dealkylation sites (tertiary alicyclic amines) is 1. The fraction of sp³-hybridized carbons (Fsp3) is 0.298. The van der Waals surface area contributed by atoms with Gasteiger partial charge in [-0.25, -0.2) is 18.4 Å². The van der Waals surface area contributed by atoms with Crippen molar-refractivity contribution in [1.82, 2.24) is 19.8 Å². The molecule has 1 aromatic heterocycles. The molecule has 2 fully saturated rings. The zero-order chi connectivity index (χ0) is 44.5. The molecule has 2 saturated heterocycles. The number of oxime groups is 1. The van der Waals surface area contributed by atoms with E-state index in [9.17, 15) is 18.5 Å². The third-order valence-electron chi connectivity index (χ3n) is 11.6. The van der Waals surface area contributed by atoms with Crippen molar-refractivity contribution < 1.29 is 18.2 Å². The fourth-order valence-corrected chi connectivity index (χ4v) is 10.3. The van der Waals surface area contributed by atoms with Crippen molar-refractivity contribution in [2.75, 3.05) is 73.6 Å². The molecule has 0 unspecified atom stereocenters. The third-order valence-corrected chi connectivity index (χ3v) is 14.4. The van der Waals surface area contributed by atoms with Crippen molar-refractivity contribution >= 4 is 72.9 Å². The van der Waals surface area contributed by atoms with E-state index in [1.807, 2.05) is 60.7 Å². The van der Waals surface area contributed by atoms with Crippen LogP contribution in [-0.4, -0.2) is 104 Å². The van der Waals surface area contributed by atoms with Crippen LogP contribution in [0.4, 0.5) is 22.9 Å². The number of nitro groups is 1. The van der Waals surface area contributed by atoms with Crippen molar-refractivity contribution in [1.29, 1.82) is 0 Å². The van der Waals surface area contributed by atoms with E-state index in [4.69, 9.17) is 16.4 Å². The lowest BCUT2D eigenvalue weighted by Crippen LogP contribution is -2.46. The summed E-state index contributed by atoms with van der Waals surface area (Å²) in [6, 6.07) is 35.9. The van der Waals surface area contributed by atoms with Crippen molar-refractivity contribution in [3.05, 3.63) is 142 Å². The predicted octanol–water partition coefficient (Wildman–Crippen LogP) is 9.04. The summed E-state index contributed by atoms with van der Waals surface area (Å²) in [7, 11) is -2.74. The van der Waals surface area contributed by atoms with Gasteiger partial charge in [0.05, 0.1) is 21.0 Å². The second-order valence-electron chi connectivity index (χ2n) is 15.8. The van der Waals surface area contributed by atoms with E-state index < -0.39 is 14.9 Å². The lowest BCUT2D eigenvalue weighted by Gasteiger charge is -2.36. The van der Waals surface area contributed by atoms with Crippen LogP contribution in [0.15, 0.2) is 137 Å². The highest BCUT2D eigenvalue weighted by molar-refractivity contribution is 7.99. The van der Waals surface area contributed by atoms with E-state index in [0.29, 0.717) is 21.7 Å². The van der Waals surface area contributed by atoms with Crippen molar-refractivity contribution in [3.8, 4) is 11.1 Å². The number of benzene rings is 5. The van der Waals surface area contributed by atoms with Crippen LogP contribution in [0.1, 0.15) is 24.8 Å². The van der Waals surface area contributed by atoms with Crippen molar-refractivity contribution in [2.45, 2.75) is 41.6 Å². The molecular weight excluding hydrogens is 870 g/mol. The van der Waals surface area contributed by atoms with Gasteiger partial charge in [0.2, 0.25) is 0 Å². The maximum atomic E-state index is 13.9. The van der Waals surface area contributed by atoms with Crippen LogP contribution in [0.2, 0.25) is 5.02 Å². The molecule has 2 N–H and O–H groups in total. The van der Waals surface area contributed by atoms with Gasteiger partial charge >= 0.3 is 0 Å². The van der Waals surface area contributed by atoms with Gasteiger partial charge in [-0.15, -0.1) is 11.8 Å². The Labute approximate surface area is 382 Å². The van der Waals surface area contributed by atoms with E-state index in [1.165, 1.54) is 29.6 Å². The topological polar surface area (TPSA) is 158 Å². The monoisotopic (exact) mass is 919 g/mol. The number of halogens is 1. The Hall–Kier alpha value is -5.78. The van der Waals surface area contributed by atoms with Crippen LogP contribution in [0.25, 0.3) is 22.0 Å². The van der Waals surface area contributed by atoms with Crippen LogP contribution < -0.4 is 14.9 Å². The minimum absolute atomic E-state index is 0.0851. The average molecular weight is 921 g/mol. The second-order valence-corrected chi connectivity index (χ2v) is 19.0. The Morgan fingerprint density at radius 1 is 0.875 bits per heavy atom. The molecule has 2 aliphatic heterocycles. The summed E-state index contributed by atoms with van der Waals surface area (Å²) in [6.45, 7) is 6.64. The number of anilines is 3. The number of piperidine rings is 1. The lowest BCUT2D eigenvalue weighted by molar-refractivity contribution is -0.384. The molecule has 0 spiro atoms. The summed E-state index contributed by atoms with van der Waals surface area (Å²) >= 11 is 7.81. The van der Waals surface area contributed by atoms with Crippen LogP contribution in [0, 0.1) is 10.1 Å². The SMILES string of the molecule is CON=C1CCN(CC[C@H](CSc2ccccc2)Nc2ccc(S(=O)(=O)Nc3ncnc4cc(N5CCN(Cc6ccccc6-c6ccc(Cl)cc6)CC5)ccc34)cc2[N+](=O)[O-])CC1. The Kier molecular flexibility index (Phi) is 14.6. The number of nitrogens with one attached hydrogen (secondary N) is 2. The molecular formula is C47H50ClN9O5S2. The predicted molar refractivity (Wildman–Crippen MR) is 257 cm³/mol. The highest BCUT2D eigenvalue weighted by atomic mass is 35.5. The smallest absolute Gasteiger partial charge is 0.293 e. The molecule has 6 aromatic rings. The number of fused-ring (bicyclic) bond motifs is 1. The molecule has 0 saturated carbocycles. The summed E-state index contributed by atoms with van der Waals surface area (Å²) in [5.41, 5.74) is 6.09. The maximum Gasteiger partial charge on any atom is 0.293 e. The van der Waals surface area contributed by atoms with Gasteiger partial charge in [0.25, 0.3) is 15.7 Å². The third kappa shape index (κ3) is 11.3. The number of nitrogens with zero attached hydrogens (tertiary/aromatic N) is 7. The number of rotatable bonds is 17. The Morgan fingerprint density at radius 3 is 2.38 bits per heavy atom. The molecule has 5 aromatic carbocycles. The molecule has 1 atom stereocenters. The molecule has 0 amide bonds. The van der Waals surface area contributed by atoms with Crippen LogP contribution in [-0.2, 0) is 21.4 Å². The Bertz CT molecular complexity index is 2690. The number of aromatic nitrogens is 2. The largest absolute Gasteiger partial charge is 0.399 e. The Morgan fingerprint density at radius 2 is 1.62 bits per heavy atom. The van der Waals surface area contributed by atoms with Crippen LogP contribution in [0.5, 0.6) is 0 Å². The summed E-state index contributed by atoms with van der Waals surface area (Å²) < 4.78 is 30.4. The zero-order valence-corrected chi connectivity index (χ0v) is 37.9. The number of sulfonamides is 1. The number of hydrogen-bond acceptors (Lipinski definition) is 13. The van der Waals surface area contributed by atoms with Crippen molar-refractivity contribution in [3.63, 3.8) is 0 Å². The molecule has 8 rings (SSSR count). The first kappa shape index (κ1) is 44.8. The van der Waals surface area contributed by atoms with Crippen LogP contribution in [0.3, 0.4) is 0 Å². The summed E-state index contributed by atoms with van der Waals surface area (Å²) in [6.07, 6.45) is 3.69. The molecule has 64 heavy (non-hydrogen) atoms. The van der Waals surface area contributed by atoms with Gasteiger partial charge in [-0.05, 0) is 77.7 Å². The molecule has 0 bridgehead atoms. The highest BCUT2D eigenvalue weighted by Crippen LogP contribution is 2.33. The normalized spacial score (nSPS) is 15.5. The van der Waals surface area contributed by atoms with Gasteiger partial charge in [-0.1, -0.05) is 71.4 Å². The minimum atomic E-state index is -4.29. The zero-order valence-electron chi connectivity index (χ0n) is 35.5.